The van der Waals surface area contributed by atoms with Crippen molar-refractivity contribution in [1.82, 2.24) is 16.0 Å². The molecule has 0 unspecified atom stereocenters. The van der Waals surface area contributed by atoms with E-state index in [9.17, 15) is 9.59 Å². The number of aliphatic imine (C=N–C) groups is 1. The molecule has 0 rings (SSSR count). The number of guanidine groups is 1. The van der Waals surface area contributed by atoms with Crippen LogP contribution in [0.15, 0.2) is 4.99 Å². The fourth-order valence-corrected chi connectivity index (χ4v) is 1.69. The Hall–Kier alpha value is -1.99. The van der Waals surface area contributed by atoms with E-state index >= 15 is 0 Å². The molecule has 0 saturated carbocycles. The second-order valence-corrected chi connectivity index (χ2v) is 6.12. The van der Waals surface area contributed by atoms with Crippen LogP contribution in [-0.4, -0.2) is 56.9 Å². The third-order valence-corrected chi connectivity index (χ3v) is 2.69. The first-order valence-corrected chi connectivity index (χ1v) is 8.35. The maximum atomic E-state index is 11.5. The second-order valence-electron chi connectivity index (χ2n) is 6.12. The molecular formula is C16H32N4O4. The molecule has 8 nitrogen and oxygen atoms in total. The number of hydrogen-bond acceptors (Lipinski definition) is 5. The molecule has 0 radical (unpaired) electrons. The quantitative estimate of drug-likeness (QED) is 0.253. The summed E-state index contributed by atoms with van der Waals surface area (Å²) in [5.41, 5.74) is -0.488. The molecule has 24 heavy (non-hydrogen) atoms. The predicted octanol–water partition coefficient (Wildman–Crippen LogP) is 1.41. The zero-order valence-electron chi connectivity index (χ0n) is 15.5. The van der Waals surface area contributed by atoms with Crippen LogP contribution in [0.2, 0.25) is 0 Å². The number of ether oxygens (including phenoxy) is 2. The summed E-state index contributed by atoms with van der Waals surface area (Å²) in [6.45, 7) is 9.49. The summed E-state index contributed by atoms with van der Waals surface area (Å²) in [7, 11) is 1.68. The largest absolute Gasteiger partial charge is 0.466 e. The third-order valence-electron chi connectivity index (χ3n) is 2.69. The number of hydrogen-bond donors (Lipinski definition) is 3. The van der Waals surface area contributed by atoms with Crippen LogP contribution in [0.1, 0.15) is 47.0 Å². The monoisotopic (exact) mass is 344 g/mol. The van der Waals surface area contributed by atoms with E-state index in [1.165, 1.54) is 0 Å². The van der Waals surface area contributed by atoms with E-state index in [2.05, 4.69) is 20.9 Å². The average molecular weight is 344 g/mol. The molecule has 0 bridgehead atoms. The second kappa shape index (κ2) is 12.4. The molecule has 0 aliphatic carbocycles. The number of alkyl carbamates (subject to hydrolysis) is 1. The SMILES string of the molecule is CCOC(=O)CCCNC(=NC)NCCCNC(=O)OC(C)(C)C. The molecule has 140 valence electrons. The van der Waals surface area contributed by atoms with Gasteiger partial charge in [0.2, 0.25) is 0 Å². The molecule has 0 fully saturated rings. The van der Waals surface area contributed by atoms with Gasteiger partial charge in [0.1, 0.15) is 5.60 Å². The Bertz CT molecular complexity index is 405. The van der Waals surface area contributed by atoms with Crippen LogP contribution >= 0.6 is 0 Å². The van der Waals surface area contributed by atoms with Gasteiger partial charge in [-0.2, -0.15) is 0 Å². The van der Waals surface area contributed by atoms with Crippen LogP contribution in [-0.2, 0) is 14.3 Å². The van der Waals surface area contributed by atoms with Crippen molar-refractivity contribution in [3.63, 3.8) is 0 Å². The molecule has 0 atom stereocenters. The minimum absolute atomic E-state index is 0.185. The number of rotatable bonds is 9. The van der Waals surface area contributed by atoms with Crippen molar-refractivity contribution in [2.45, 2.75) is 52.6 Å². The molecule has 0 aromatic heterocycles. The summed E-state index contributed by atoms with van der Waals surface area (Å²) >= 11 is 0. The zero-order valence-corrected chi connectivity index (χ0v) is 15.5. The minimum Gasteiger partial charge on any atom is -0.466 e. The highest BCUT2D eigenvalue weighted by atomic mass is 16.6. The summed E-state index contributed by atoms with van der Waals surface area (Å²) in [6.07, 6.45) is 1.39. The van der Waals surface area contributed by atoms with E-state index in [4.69, 9.17) is 9.47 Å². The third kappa shape index (κ3) is 13.7. The minimum atomic E-state index is -0.488. The van der Waals surface area contributed by atoms with E-state index in [1.807, 2.05) is 20.8 Å². The van der Waals surface area contributed by atoms with Crippen LogP contribution in [0.5, 0.6) is 0 Å². The van der Waals surface area contributed by atoms with Crippen molar-refractivity contribution in [3.05, 3.63) is 0 Å². The van der Waals surface area contributed by atoms with Gasteiger partial charge in [0.25, 0.3) is 0 Å². The molecule has 0 aliphatic rings. The van der Waals surface area contributed by atoms with Crippen LogP contribution in [0.4, 0.5) is 4.79 Å². The van der Waals surface area contributed by atoms with Gasteiger partial charge >= 0.3 is 12.1 Å². The molecule has 1 amide bonds. The Morgan fingerprint density at radius 1 is 1.00 bits per heavy atom. The van der Waals surface area contributed by atoms with Crippen LogP contribution in [0.25, 0.3) is 0 Å². The van der Waals surface area contributed by atoms with Crippen molar-refractivity contribution in [3.8, 4) is 0 Å². The molecule has 0 spiro atoms. The molecule has 0 aromatic carbocycles. The van der Waals surface area contributed by atoms with Gasteiger partial charge in [0.15, 0.2) is 5.96 Å². The van der Waals surface area contributed by atoms with Gasteiger partial charge in [-0.1, -0.05) is 0 Å². The lowest BCUT2D eigenvalue weighted by atomic mass is 10.2. The van der Waals surface area contributed by atoms with Gasteiger partial charge in [-0.3, -0.25) is 9.79 Å². The van der Waals surface area contributed by atoms with Crippen molar-refractivity contribution in [2.75, 3.05) is 33.3 Å². The summed E-state index contributed by atoms with van der Waals surface area (Å²) in [6, 6.07) is 0. The van der Waals surface area contributed by atoms with Gasteiger partial charge in [-0.05, 0) is 40.5 Å². The molecule has 0 heterocycles. The lowest BCUT2D eigenvalue weighted by Gasteiger charge is -2.19. The highest BCUT2D eigenvalue weighted by Gasteiger charge is 2.15. The lowest BCUT2D eigenvalue weighted by molar-refractivity contribution is -0.143. The molecule has 3 N–H and O–H groups in total. The summed E-state index contributed by atoms with van der Waals surface area (Å²) in [4.78, 5) is 26.8. The van der Waals surface area contributed by atoms with Gasteiger partial charge in [0.05, 0.1) is 6.61 Å². The molecule has 0 saturated heterocycles. The van der Waals surface area contributed by atoms with E-state index in [0.29, 0.717) is 45.0 Å². The summed E-state index contributed by atoms with van der Waals surface area (Å²) < 4.78 is 10.0. The molecule has 0 aromatic rings. The van der Waals surface area contributed by atoms with Crippen molar-refractivity contribution in [1.29, 1.82) is 0 Å². The summed E-state index contributed by atoms with van der Waals surface area (Å²) in [5, 5.41) is 8.95. The molecule has 8 heteroatoms. The maximum absolute atomic E-state index is 11.5. The number of nitrogens with zero attached hydrogens (tertiary/aromatic N) is 1. The van der Waals surface area contributed by atoms with Gasteiger partial charge in [-0.25, -0.2) is 4.79 Å². The Balaban J connectivity index is 3.69. The summed E-state index contributed by atoms with van der Waals surface area (Å²) in [5.74, 6) is 0.478. The van der Waals surface area contributed by atoms with Crippen molar-refractivity contribution in [2.24, 2.45) is 4.99 Å². The first-order chi connectivity index (χ1) is 11.3. The van der Waals surface area contributed by atoms with E-state index in [1.54, 1.807) is 14.0 Å². The number of nitrogens with one attached hydrogen (secondary N) is 3. The average Bonchev–Trinajstić information content (AvgIpc) is 2.47. The van der Waals surface area contributed by atoms with Crippen LogP contribution < -0.4 is 16.0 Å². The van der Waals surface area contributed by atoms with E-state index in [0.717, 1.165) is 6.42 Å². The fraction of sp³-hybridized carbons (Fsp3) is 0.812. The Labute approximate surface area is 144 Å². The Morgan fingerprint density at radius 3 is 2.12 bits per heavy atom. The lowest BCUT2D eigenvalue weighted by Crippen LogP contribution is -2.39. The highest BCUT2D eigenvalue weighted by molar-refractivity contribution is 5.79. The number of amides is 1. The number of carbonyl (C=O) groups excluding carboxylic acids is 2. The van der Waals surface area contributed by atoms with Crippen molar-refractivity contribution >= 4 is 18.0 Å². The van der Waals surface area contributed by atoms with E-state index in [-0.39, 0.29) is 5.97 Å². The molecule has 0 aliphatic heterocycles. The van der Waals surface area contributed by atoms with Gasteiger partial charge in [0, 0.05) is 33.1 Å². The molecular weight excluding hydrogens is 312 g/mol. The number of carbonyl (C=O) groups is 2. The number of esters is 1. The van der Waals surface area contributed by atoms with Gasteiger partial charge < -0.3 is 25.4 Å². The standard InChI is InChI=1S/C16H32N4O4/c1-6-23-13(21)9-7-10-18-14(17-5)19-11-8-12-20-15(22)24-16(2,3)4/h6-12H2,1-5H3,(H,20,22)(H2,17,18,19). The topological polar surface area (TPSA) is 101 Å². The Morgan fingerprint density at radius 2 is 1.58 bits per heavy atom. The normalized spacial score (nSPS) is 11.6. The van der Waals surface area contributed by atoms with Gasteiger partial charge in [-0.15, -0.1) is 0 Å². The Kier molecular flexibility index (Phi) is 11.4. The first-order valence-electron chi connectivity index (χ1n) is 8.35. The predicted molar refractivity (Wildman–Crippen MR) is 94.1 cm³/mol. The first kappa shape index (κ1) is 22.0. The maximum Gasteiger partial charge on any atom is 0.407 e. The fourth-order valence-electron chi connectivity index (χ4n) is 1.69. The smallest absolute Gasteiger partial charge is 0.407 e. The van der Waals surface area contributed by atoms with Crippen LogP contribution in [0, 0.1) is 0 Å². The van der Waals surface area contributed by atoms with E-state index < -0.39 is 11.7 Å². The zero-order chi connectivity index (χ0) is 18.4. The van der Waals surface area contributed by atoms with Crippen LogP contribution in [0.3, 0.4) is 0 Å². The van der Waals surface area contributed by atoms with Crippen molar-refractivity contribution < 1.29 is 19.1 Å². The highest BCUT2D eigenvalue weighted by Crippen LogP contribution is 2.06.